The summed E-state index contributed by atoms with van der Waals surface area (Å²) in [5.74, 6) is -0.147. The molecule has 0 aliphatic rings. The molecule has 0 bridgehead atoms. The number of methoxy groups -OCH3 is 2. The minimum atomic E-state index is -0.597. The number of amides is 1. The Morgan fingerprint density at radius 2 is 1.92 bits per heavy atom. The van der Waals surface area contributed by atoms with Gasteiger partial charge in [-0.25, -0.2) is 5.43 Å². The van der Waals surface area contributed by atoms with Gasteiger partial charge in [0.05, 0.1) is 37.0 Å². The lowest BCUT2D eigenvalue weighted by atomic mass is 10.1. The normalized spacial score (nSPS) is 10.5. The van der Waals surface area contributed by atoms with Crippen molar-refractivity contribution >= 4 is 17.8 Å². The fraction of sp³-hybridized carbons (Fsp3) is 0.125. The molecule has 130 valence electrons. The van der Waals surface area contributed by atoms with Crippen molar-refractivity contribution < 1.29 is 24.3 Å². The van der Waals surface area contributed by atoms with Gasteiger partial charge in [0, 0.05) is 5.56 Å². The molecule has 0 saturated heterocycles. The molecule has 0 spiro atoms. The van der Waals surface area contributed by atoms with Crippen molar-refractivity contribution in [2.24, 2.45) is 5.10 Å². The van der Waals surface area contributed by atoms with Crippen molar-refractivity contribution in [3.05, 3.63) is 57.6 Å². The SMILES string of the molecule is COc1cc(/C=N\NC(=O)c2cccc(O)c2)c([N+](=O)[O-])cc1OC. The van der Waals surface area contributed by atoms with E-state index in [4.69, 9.17) is 9.47 Å². The van der Waals surface area contributed by atoms with E-state index in [1.54, 1.807) is 0 Å². The summed E-state index contributed by atoms with van der Waals surface area (Å²) in [6.45, 7) is 0. The van der Waals surface area contributed by atoms with Crippen LogP contribution in [0.15, 0.2) is 41.5 Å². The highest BCUT2D eigenvalue weighted by Gasteiger charge is 2.18. The van der Waals surface area contributed by atoms with Crippen LogP contribution in [0.4, 0.5) is 5.69 Å². The van der Waals surface area contributed by atoms with Crippen molar-refractivity contribution in [1.29, 1.82) is 0 Å². The molecule has 2 rings (SSSR count). The lowest BCUT2D eigenvalue weighted by Gasteiger charge is -2.08. The van der Waals surface area contributed by atoms with E-state index in [-0.39, 0.29) is 34.1 Å². The van der Waals surface area contributed by atoms with Crippen LogP contribution in [0, 0.1) is 10.1 Å². The van der Waals surface area contributed by atoms with E-state index in [9.17, 15) is 20.0 Å². The molecular formula is C16H15N3O6. The molecule has 0 radical (unpaired) electrons. The Bertz CT molecular complexity index is 835. The molecule has 2 N–H and O–H groups in total. The number of rotatable bonds is 6. The number of nitrogens with one attached hydrogen (secondary N) is 1. The van der Waals surface area contributed by atoms with Crippen LogP contribution in [-0.4, -0.2) is 36.4 Å². The number of nitro groups is 1. The number of phenols is 1. The highest BCUT2D eigenvalue weighted by Crippen LogP contribution is 2.33. The fourth-order valence-electron chi connectivity index (χ4n) is 2.02. The molecular weight excluding hydrogens is 330 g/mol. The molecule has 0 aromatic heterocycles. The number of nitrogens with zero attached hydrogens (tertiary/aromatic N) is 2. The fourth-order valence-corrected chi connectivity index (χ4v) is 2.02. The Morgan fingerprint density at radius 1 is 1.24 bits per heavy atom. The molecule has 2 aromatic carbocycles. The Hall–Kier alpha value is -3.62. The zero-order valence-corrected chi connectivity index (χ0v) is 13.4. The van der Waals surface area contributed by atoms with Crippen LogP contribution >= 0.6 is 0 Å². The van der Waals surface area contributed by atoms with E-state index >= 15 is 0 Å². The summed E-state index contributed by atoms with van der Waals surface area (Å²) in [6, 6.07) is 8.27. The number of nitro benzene ring substituents is 1. The van der Waals surface area contributed by atoms with E-state index in [0.717, 1.165) is 6.21 Å². The minimum absolute atomic E-state index is 0.0628. The number of phenolic OH excluding ortho intramolecular Hbond substituents is 1. The lowest BCUT2D eigenvalue weighted by molar-refractivity contribution is -0.385. The molecule has 9 heteroatoms. The first-order valence-electron chi connectivity index (χ1n) is 6.99. The van der Waals surface area contributed by atoms with E-state index < -0.39 is 10.8 Å². The zero-order valence-electron chi connectivity index (χ0n) is 13.4. The number of hydrazone groups is 1. The molecule has 0 fully saturated rings. The Labute approximate surface area is 142 Å². The molecule has 0 aliphatic carbocycles. The van der Waals surface area contributed by atoms with Gasteiger partial charge >= 0.3 is 0 Å². The van der Waals surface area contributed by atoms with Crippen molar-refractivity contribution in [1.82, 2.24) is 5.43 Å². The number of carbonyl (C=O) groups is 1. The Kier molecular flexibility index (Phi) is 5.51. The summed E-state index contributed by atoms with van der Waals surface area (Å²) >= 11 is 0. The standard InChI is InChI=1S/C16H15N3O6/c1-24-14-7-11(13(19(22)23)8-15(14)25-2)9-17-18-16(21)10-4-3-5-12(20)6-10/h3-9,20H,1-2H3,(H,18,21)/b17-9-. The predicted molar refractivity (Wildman–Crippen MR) is 89.4 cm³/mol. The van der Waals surface area contributed by atoms with Gasteiger partial charge < -0.3 is 14.6 Å². The maximum atomic E-state index is 11.9. The maximum Gasteiger partial charge on any atom is 0.282 e. The summed E-state index contributed by atoms with van der Waals surface area (Å²) in [6.07, 6.45) is 1.13. The summed E-state index contributed by atoms with van der Waals surface area (Å²) in [5.41, 5.74) is 2.29. The minimum Gasteiger partial charge on any atom is -0.508 e. The van der Waals surface area contributed by atoms with Crippen LogP contribution in [0.25, 0.3) is 0 Å². The van der Waals surface area contributed by atoms with Gasteiger partial charge in [-0.3, -0.25) is 14.9 Å². The molecule has 0 aliphatic heterocycles. The van der Waals surface area contributed by atoms with Gasteiger partial charge in [-0.15, -0.1) is 0 Å². The first kappa shape index (κ1) is 17.7. The molecule has 1 amide bonds. The third-order valence-corrected chi connectivity index (χ3v) is 3.21. The van der Waals surface area contributed by atoms with Crippen LogP contribution in [-0.2, 0) is 0 Å². The summed E-state index contributed by atoms with van der Waals surface area (Å²) in [7, 11) is 2.76. The van der Waals surface area contributed by atoms with E-state index in [2.05, 4.69) is 10.5 Å². The van der Waals surface area contributed by atoms with E-state index in [0.29, 0.717) is 0 Å². The number of aromatic hydroxyl groups is 1. The van der Waals surface area contributed by atoms with Gasteiger partial charge in [-0.1, -0.05) is 6.07 Å². The Balaban J connectivity index is 2.25. The highest BCUT2D eigenvalue weighted by molar-refractivity contribution is 5.95. The topological polar surface area (TPSA) is 123 Å². The van der Waals surface area contributed by atoms with Crippen molar-refractivity contribution in [2.75, 3.05) is 14.2 Å². The quantitative estimate of drug-likeness (QED) is 0.469. The van der Waals surface area contributed by atoms with Crippen LogP contribution in [0.2, 0.25) is 0 Å². The third kappa shape index (κ3) is 4.22. The van der Waals surface area contributed by atoms with Gasteiger partial charge in [0.15, 0.2) is 11.5 Å². The molecule has 0 heterocycles. The third-order valence-electron chi connectivity index (χ3n) is 3.21. The number of carbonyl (C=O) groups excluding carboxylic acids is 1. The van der Waals surface area contributed by atoms with Crippen molar-refractivity contribution in [2.45, 2.75) is 0 Å². The van der Waals surface area contributed by atoms with Crippen LogP contribution in [0.3, 0.4) is 0 Å². The van der Waals surface area contributed by atoms with E-state index in [1.165, 1.54) is 50.6 Å². The summed E-state index contributed by atoms with van der Waals surface area (Å²) < 4.78 is 10.1. The number of benzene rings is 2. The summed E-state index contributed by atoms with van der Waals surface area (Å²) in [4.78, 5) is 22.5. The maximum absolute atomic E-state index is 11.9. The molecule has 25 heavy (non-hydrogen) atoms. The second-order valence-electron chi connectivity index (χ2n) is 4.77. The number of ether oxygens (including phenoxy) is 2. The van der Waals surface area contributed by atoms with Crippen LogP contribution < -0.4 is 14.9 Å². The zero-order chi connectivity index (χ0) is 18.4. The second kappa shape index (κ2) is 7.77. The lowest BCUT2D eigenvalue weighted by Crippen LogP contribution is -2.17. The average molecular weight is 345 g/mol. The molecule has 9 nitrogen and oxygen atoms in total. The monoisotopic (exact) mass is 345 g/mol. The van der Waals surface area contributed by atoms with Gasteiger partial charge in [0.25, 0.3) is 11.6 Å². The number of hydrogen-bond acceptors (Lipinski definition) is 7. The molecule has 0 atom stereocenters. The summed E-state index contributed by atoms with van der Waals surface area (Å²) in [5, 5.41) is 24.2. The van der Waals surface area contributed by atoms with Crippen LogP contribution in [0.5, 0.6) is 17.2 Å². The molecule has 0 saturated carbocycles. The van der Waals surface area contributed by atoms with Crippen LogP contribution in [0.1, 0.15) is 15.9 Å². The van der Waals surface area contributed by atoms with Gasteiger partial charge in [0.2, 0.25) is 0 Å². The number of hydrogen-bond donors (Lipinski definition) is 2. The molecule has 0 unspecified atom stereocenters. The Morgan fingerprint density at radius 3 is 2.52 bits per heavy atom. The van der Waals surface area contributed by atoms with Crippen molar-refractivity contribution in [3.8, 4) is 17.2 Å². The van der Waals surface area contributed by atoms with Crippen molar-refractivity contribution in [3.63, 3.8) is 0 Å². The van der Waals surface area contributed by atoms with E-state index in [1.807, 2.05) is 0 Å². The first-order valence-corrected chi connectivity index (χ1v) is 6.99. The smallest absolute Gasteiger partial charge is 0.282 e. The average Bonchev–Trinajstić information content (AvgIpc) is 2.60. The molecule has 2 aromatic rings. The van der Waals surface area contributed by atoms with Gasteiger partial charge in [0.1, 0.15) is 5.75 Å². The predicted octanol–water partition coefficient (Wildman–Crippen LogP) is 2.08. The van der Waals surface area contributed by atoms with Gasteiger partial charge in [-0.2, -0.15) is 5.10 Å². The largest absolute Gasteiger partial charge is 0.508 e. The first-order chi connectivity index (χ1) is 12.0. The van der Waals surface area contributed by atoms with Gasteiger partial charge in [-0.05, 0) is 24.3 Å². The second-order valence-corrected chi connectivity index (χ2v) is 4.77. The highest BCUT2D eigenvalue weighted by atomic mass is 16.6.